The molecule has 0 radical (unpaired) electrons. The lowest BCUT2D eigenvalue weighted by molar-refractivity contribution is 1.18. The second kappa shape index (κ2) is 15.1. The maximum Gasteiger partial charge on any atom is 0.0562 e. The fraction of sp³-hybridized carbons (Fsp3) is 0. The molecule has 0 N–H and O–H groups in total. The zero-order valence-electron chi connectivity index (χ0n) is 33.0. The highest BCUT2D eigenvalue weighted by Crippen LogP contribution is 2.49. The summed E-state index contributed by atoms with van der Waals surface area (Å²) in [4.78, 5) is 2.50. The van der Waals surface area contributed by atoms with Crippen molar-refractivity contribution in [3.05, 3.63) is 243 Å². The highest BCUT2D eigenvalue weighted by Gasteiger charge is 2.25. The molecule has 0 saturated carbocycles. The van der Waals surface area contributed by atoms with Crippen molar-refractivity contribution in [2.24, 2.45) is 0 Å². The fourth-order valence-electron chi connectivity index (χ4n) is 9.07. The van der Waals surface area contributed by atoms with Gasteiger partial charge in [-0.3, -0.25) is 0 Å². The van der Waals surface area contributed by atoms with E-state index in [9.17, 15) is 0 Å². The van der Waals surface area contributed by atoms with Crippen LogP contribution in [0, 0.1) is 0 Å². The largest absolute Gasteiger partial charge is 0.309 e. The predicted octanol–water partition coefficient (Wildman–Crippen LogP) is 16.1. The molecule has 0 aliphatic rings. The van der Waals surface area contributed by atoms with Gasteiger partial charge in [0.15, 0.2) is 0 Å². The van der Waals surface area contributed by atoms with Crippen molar-refractivity contribution in [3.8, 4) is 50.2 Å². The smallest absolute Gasteiger partial charge is 0.0562 e. The Kier molecular flexibility index (Phi) is 8.87. The molecule has 0 aliphatic carbocycles. The van der Waals surface area contributed by atoms with Crippen LogP contribution in [0.2, 0.25) is 0 Å². The third-order valence-electron chi connectivity index (χ3n) is 11.8. The molecule has 1 aromatic heterocycles. The SMILES string of the molecule is c1ccc(-c2ccccc2-c2cccc(-n3c4ccccc4c4c(N(c5ccccc5-c5ccccc5)c5ccccc5-c5ccc6ccccc6c5)cccc43)c2)cc1. The summed E-state index contributed by atoms with van der Waals surface area (Å²) in [6.07, 6.45) is 0. The molecule has 1 heterocycles. The van der Waals surface area contributed by atoms with Gasteiger partial charge in [-0.1, -0.05) is 194 Å². The van der Waals surface area contributed by atoms with E-state index in [0.29, 0.717) is 0 Å². The third kappa shape index (κ3) is 6.14. The second-order valence-electron chi connectivity index (χ2n) is 15.3. The van der Waals surface area contributed by atoms with Gasteiger partial charge in [-0.05, 0) is 92.7 Å². The van der Waals surface area contributed by atoms with Crippen LogP contribution in [0.4, 0.5) is 17.1 Å². The molecule has 11 aromatic rings. The molecular weight excluding hydrogens is 725 g/mol. The van der Waals surface area contributed by atoms with Crippen molar-refractivity contribution in [2.75, 3.05) is 4.90 Å². The molecule has 0 atom stereocenters. The predicted molar refractivity (Wildman–Crippen MR) is 255 cm³/mol. The van der Waals surface area contributed by atoms with Crippen LogP contribution in [-0.2, 0) is 0 Å². The molecule has 0 fully saturated rings. The minimum Gasteiger partial charge on any atom is -0.309 e. The van der Waals surface area contributed by atoms with Crippen LogP contribution in [0.1, 0.15) is 0 Å². The maximum atomic E-state index is 2.50. The van der Waals surface area contributed by atoms with Gasteiger partial charge < -0.3 is 9.47 Å². The zero-order valence-corrected chi connectivity index (χ0v) is 33.0. The first-order valence-corrected chi connectivity index (χ1v) is 20.6. The first kappa shape index (κ1) is 35.2. The zero-order chi connectivity index (χ0) is 39.8. The molecule has 282 valence electrons. The summed E-state index contributed by atoms with van der Waals surface area (Å²) in [6, 6.07) is 88.0. The summed E-state index contributed by atoms with van der Waals surface area (Å²) < 4.78 is 2.44. The molecule has 0 bridgehead atoms. The van der Waals surface area contributed by atoms with E-state index in [2.05, 4.69) is 252 Å². The second-order valence-corrected chi connectivity index (χ2v) is 15.3. The summed E-state index contributed by atoms with van der Waals surface area (Å²) in [7, 11) is 0. The average Bonchev–Trinajstić information content (AvgIpc) is 3.67. The molecule has 2 nitrogen and oxygen atoms in total. The number of anilines is 3. The van der Waals surface area contributed by atoms with Crippen molar-refractivity contribution in [3.63, 3.8) is 0 Å². The van der Waals surface area contributed by atoms with Crippen molar-refractivity contribution >= 4 is 49.6 Å². The van der Waals surface area contributed by atoms with E-state index >= 15 is 0 Å². The number of nitrogens with zero attached hydrogens (tertiary/aromatic N) is 2. The lowest BCUT2D eigenvalue weighted by atomic mass is 9.94. The molecule has 0 unspecified atom stereocenters. The minimum absolute atomic E-state index is 1.11. The first-order valence-electron chi connectivity index (χ1n) is 20.6. The molecule has 0 spiro atoms. The van der Waals surface area contributed by atoms with Crippen molar-refractivity contribution in [1.82, 2.24) is 4.57 Å². The first-order chi connectivity index (χ1) is 29.8. The van der Waals surface area contributed by atoms with Gasteiger partial charge in [-0.15, -0.1) is 0 Å². The van der Waals surface area contributed by atoms with Crippen LogP contribution in [-0.4, -0.2) is 4.57 Å². The highest BCUT2D eigenvalue weighted by atomic mass is 15.2. The Labute approximate surface area is 350 Å². The molecule has 10 aromatic carbocycles. The lowest BCUT2D eigenvalue weighted by Gasteiger charge is -2.30. The number of benzene rings is 10. The molecule has 60 heavy (non-hydrogen) atoms. The highest BCUT2D eigenvalue weighted by molar-refractivity contribution is 6.17. The fourth-order valence-corrected chi connectivity index (χ4v) is 9.07. The number of hydrogen-bond acceptors (Lipinski definition) is 1. The average molecular weight is 765 g/mol. The summed E-state index contributed by atoms with van der Waals surface area (Å²) in [5.41, 5.74) is 16.2. The Balaban J connectivity index is 1.17. The van der Waals surface area contributed by atoms with Gasteiger partial charge in [0.05, 0.1) is 28.1 Å². The van der Waals surface area contributed by atoms with Crippen molar-refractivity contribution < 1.29 is 0 Å². The number of fused-ring (bicyclic) bond motifs is 4. The van der Waals surface area contributed by atoms with E-state index in [0.717, 1.165) is 44.9 Å². The van der Waals surface area contributed by atoms with Gasteiger partial charge in [-0.2, -0.15) is 0 Å². The Bertz CT molecular complexity index is 3320. The molecule has 11 rings (SSSR count). The van der Waals surface area contributed by atoms with E-state index < -0.39 is 0 Å². The molecule has 2 heteroatoms. The van der Waals surface area contributed by atoms with Crippen LogP contribution in [0.3, 0.4) is 0 Å². The number of rotatable bonds is 8. The van der Waals surface area contributed by atoms with Gasteiger partial charge in [-0.25, -0.2) is 0 Å². The number of para-hydroxylation sites is 3. The Morgan fingerprint density at radius 3 is 1.50 bits per heavy atom. The standard InChI is InChI=1S/C58H40N2/c1-3-20-42(21-4-1)48-27-9-10-28-49(48)45-25-17-26-47(40-45)59-55-34-16-13-31-52(55)58-56(59)35-18-36-57(58)60(53-32-14-11-29-50(53)43-22-5-2-6-23-43)54-33-15-12-30-51(54)46-38-37-41-19-7-8-24-44(41)39-46/h1-40H. The van der Waals surface area contributed by atoms with Crippen LogP contribution in [0.25, 0.3) is 82.8 Å². The monoisotopic (exact) mass is 764 g/mol. The van der Waals surface area contributed by atoms with E-state index in [4.69, 9.17) is 0 Å². The van der Waals surface area contributed by atoms with E-state index in [1.165, 1.54) is 54.9 Å². The number of aromatic nitrogens is 1. The molecule has 0 saturated heterocycles. The van der Waals surface area contributed by atoms with Crippen molar-refractivity contribution in [2.45, 2.75) is 0 Å². The summed E-state index contributed by atoms with van der Waals surface area (Å²) in [6.45, 7) is 0. The van der Waals surface area contributed by atoms with E-state index in [1.54, 1.807) is 0 Å². The molecular formula is C58H40N2. The topological polar surface area (TPSA) is 8.17 Å². The quantitative estimate of drug-likeness (QED) is 0.150. The summed E-state index contributed by atoms with van der Waals surface area (Å²) in [5.74, 6) is 0. The van der Waals surface area contributed by atoms with Gasteiger partial charge in [0, 0.05) is 27.6 Å². The van der Waals surface area contributed by atoms with Crippen LogP contribution in [0.15, 0.2) is 243 Å². The minimum atomic E-state index is 1.11. The third-order valence-corrected chi connectivity index (χ3v) is 11.8. The van der Waals surface area contributed by atoms with Crippen molar-refractivity contribution in [1.29, 1.82) is 0 Å². The Morgan fingerprint density at radius 1 is 0.283 bits per heavy atom. The van der Waals surface area contributed by atoms with Gasteiger partial charge in [0.1, 0.15) is 0 Å². The normalized spacial score (nSPS) is 11.3. The van der Waals surface area contributed by atoms with E-state index in [1.807, 2.05) is 0 Å². The van der Waals surface area contributed by atoms with Gasteiger partial charge in [0.2, 0.25) is 0 Å². The lowest BCUT2D eigenvalue weighted by Crippen LogP contribution is -2.13. The van der Waals surface area contributed by atoms with Crippen LogP contribution < -0.4 is 4.90 Å². The molecule has 0 amide bonds. The summed E-state index contributed by atoms with van der Waals surface area (Å²) >= 11 is 0. The molecule has 0 aliphatic heterocycles. The van der Waals surface area contributed by atoms with Crippen LogP contribution in [0.5, 0.6) is 0 Å². The Morgan fingerprint density at radius 2 is 0.767 bits per heavy atom. The Hall–Kier alpha value is -7.94. The van der Waals surface area contributed by atoms with Gasteiger partial charge in [0.25, 0.3) is 0 Å². The number of hydrogen-bond donors (Lipinski definition) is 0. The van der Waals surface area contributed by atoms with Crippen LogP contribution >= 0.6 is 0 Å². The van der Waals surface area contributed by atoms with E-state index in [-0.39, 0.29) is 0 Å². The maximum absolute atomic E-state index is 2.50. The summed E-state index contributed by atoms with van der Waals surface area (Å²) in [5, 5.41) is 4.85. The van der Waals surface area contributed by atoms with Gasteiger partial charge >= 0.3 is 0 Å².